The van der Waals surface area contributed by atoms with Crippen LogP contribution in [0.25, 0.3) is 0 Å². The molecule has 1 fully saturated rings. The van der Waals surface area contributed by atoms with Crippen LogP contribution in [0.5, 0.6) is 0 Å². The first-order chi connectivity index (χ1) is 8.03. The maximum absolute atomic E-state index is 8.09. The number of nitriles is 4. The Morgan fingerprint density at radius 3 is 1.76 bits per heavy atom. The fraction of sp³-hybridized carbons (Fsp3) is 0.600. The van der Waals surface area contributed by atoms with Crippen molar-refractivity contribution in [1.82, 2.24) is 0 Å². The second-order valence-electron chi connectivity index (χ2n) is 3.98. The van der Waals surface area contributed by atoms with Crippen LogP contribution in [0.2, 0.25) is 0 Å². The molecular weight excluding hydrogens is 217 g/mol. The Morgan fingerprint density at radius 1 is 1.12 bits per heavy atom. The van der Waals surface area contributed by atoms with Gasteiger partial charge in [-0.05, 0) is 6.92 Å². The summed E-state index contributed by atoms with van der Waals surface area (Å²) < 4.78 is 5.33. The van der Waals surface area contributed by atoms with Crippen molar-refractivity contribution in [1.29, 1.82) is 21.0 Å². The van der Waals surface area contributed by atoms with Gasteiger partial charge in [-0.25, -0.2) is 21.0 Å². The van der Waals surface area contributed by atoms with Gasteiger partial charge in [0.2, 0.25) is 0 Å². The third-order valence-corrected chi connectivity index (χ3v) is 2.34. The van der Waals surface area contributed by atoms with Crippen LogP contribution in [0.4, 0.5) is 0 Å². The van der Waals surface area contributed by atoms with Gasteiger partial charge in [-0.2, -0.15) is 0 Å². The fourth-order valence-corrected chi connectivity index (χ4v) is 1.26. The molecule has 0 aliphatic carbocycles. The molecule has 0 radical (unpaired) electrons. The van der Waals surface area contributed by atoms with Crippen LogP contribution in [0, 0.1) is 44.9 Å². The summed E-state index contributed by atoms with van der Waals surface area (Å²) in [5.74, 6) is 5.38. The molecule has 0 aromatic rings. The Hall–Kier alpha value is -2.06. The highest BCUT2D eigenvalue weighted by atomic mass is 16.5. The van der Waals surface area contributed by atoms with Crippen molar-refractivity contribution >= 4 is 6.15 Å². The van der Waals surface area contributed by atoms with E-state index in [1.54, 1.807) is 4.90 Å². The standard InChI is InChI=1S/C6H13NO.C4BN4/c1-6-5-7(2)3-4-8-6;6-1-5(2-7,3-8)4-9/h6H,3-5H2,1-2H3;/q;-1/p+1. The van der Waals surface area contributed by atoms with Gasteiger partial charge in [0.15, 0.2) is 0 Å². The van der Waals surface area contributed by atoms with Gasteiger partial charge in [-0.1, -0.05) is 0 Å². The van der Waals surface area contributed by atoms with E-state index in [4.69, 9.17) is 25.8 Å². The molecule has 0 spiro atoms. The molecule has 0 aromatic heterocycles. The van der Waals surface area contributed by atoms with Crippen LogP contribution < -0.4 is 4.90 Å². The topological polar surface area (TPSA) is 109 Å². The van der Waals surface area contributed by atoms with Gasteiger partial charge in [0.1, 0.15) is 19.2 Å². The number of rotatable bonds is 0. The Labute approximate surface area is 101 Å². The number of hydrogen-bond acceptors (Lipinski definition) is 5. The average Bonchev–Trinajstić information content (AvgIpc) is 2.33. The van der Waals surface area contributed by atoms with Crippen LogP contribution >= 0.6 is 0 Å². The van der Waals surface area contributed by atoms with Crippen LogP contribution in [0.3, 0.4) is 0 Å². The molecule has 0 saturated carbocycles. The molecule has 7 heteroatoms. The summed E-state index contributed by atoms with van der Waals surface area (Å²) >= 11 is 0. The van der Waals surface area contributed by atoms with Crippen LogP contribution in [0.1, 0.15) is 6.92 Å². The Morgan fingerprint density at radius 2 is 1.59 bits per heavy atom. The molecule has 1 aliphatic rings. The molecule has 2 atom stereocenters. The van der Waals surface area contributed by atoms with Crippen molar-refractivity contribution in [3.63, 3.8) is 0 Å². The Bertz CT molecular complexity index is 341. The van der Waals surface area contributed by atoms with E-state index in [1.165, 1.54) is 37.0 Å². The molecule has 1 aliphatic heterocycles. The first kappa shape index (κ1) is 14.9. The molecule has 0 amide bonds. The zero-order chi connectivity index (χ0) is 13.3. The normalized spacial score (nSPS) is 22.7. The third kappa shape index (κ3) is 5.00. The number of morpholine rings is 1. The van der Waals surface area contributed by atoms with E-state index in [0.717, 1.165) is 6.61 Å². The number of nitrogens with zero attached hydrogens (tertiary/aromatic N) is 4. The minimum Gasteiger partial charge on any atom is -0.367 e. The maximum atomic E-state index is 8.09. The van der Waals surface area contributed by atoms with Crippen molar-refractivity contribution in [2.24, 2.45) is 0 Å². The number of likely N-dealkylation sites (N-methyl/N-ethyl adjacent to an activating group) is 1. The monoisotopic (exact) mass is 231 g/mol. The van der Waals surface area contributed by atoms with Crippen molar-refractivity contribution in [2.45, 2.75) is 13.0 Å². The second-order valence-corrected chi connectivity index (χ2v) is 3.98. The summed E-state index contributed by atoms with van der Waals surface area (Å²) in [7, 11) is 2.21. The number of quaternary nitrogens is 1. The molecule has 88 valence electrons. The zero-order valence-corrected chi connectivity index (χ0v) is 9.97. The lowest BCUT2D eigenvalue weighted by Gasteiger charge is -2.24. The predicted molar refractivity (Wildman–Crippen MR) is 60.2 cm³/mol. The summed E-state index contributed by atoms with van der Waals surface area (Å²) in [4.78, 5) is 1.59. The Balaban J connectivity index is 0.000000302. The highest BCUT2D eigenvalue weighted by Crippen LogP contribution is 1.92. The lowest BCUT2D eigenvalue weighted by Crippen LogP contribution is -3.11. The van der Waals surface area contributed by atoms with Crippen molar-refractivity contribution in [2.75, 3.05) is 26.7 Å². The fourth-order valence-electron chi connectivity index (χ4n) is 1.26. The van der Waals surface area contributed by atoms with Gasteiger partial charge < -0.3 is 9.64 Å². The van der Waals surface area contributed by atoms with E-state index in [-0.39, 0.29) is 0 Å². The molecular formula is C10H14BN5O. The summed E-state index contributed by atoms with van der Waals surface area (Å²) in [5, 5.41) is 32.3. The molecule has 1 heterocycles. The van der Waals surface area contributed by atoms with Gasteiger partial charge in [0, 0.05) is 0 Å². The number of hydrogen-bond donors (Lipinski definition) is 1. The highest BCUT2D eigenvalue weighted by Gasteiger charge is 2.22. The van der Waals surface area contributed by atoms with Crippen molar-refractivity contribution in [3.05, 3.63) is 0 Å². The lowest BCUT2D eigenvalue weighted by atomic mass is 9.30. The van der Waals surface area contributed by atoms with Crippen LogP contribution in [0.15, 0.2) is 0 Å². The van der Waals surface area contributed by atoms with Gasteiger partial charge in [0.25, 0.3) is 0 Å². The first-order valence-corrected chi connectivity index (χ1v) is 5.27. The van der Waals surface area contributed by atoms with E-state index in [2.05, 4.69) is 14.0 Å². The first-order valence-electron chi connectivity index (χ1n) is 5.27. The lowest BCUT2D eigenvalue weighted by molar-refractivity contribution is -0.891. The number of ether oxygens (including phenoxy) is 1. The average molecular weight is 231 g/mol. The molecule has 2 unspecified atom stereocenters. The molecule has 1 saturated heterocycles. The smallest absolute Gasteiger partial charge is 0.367 e. The Kier molecular flexibility index (Phi) is 6.38. The van der Waals surface area contributed by atoms with Gasteiger partial charge >= 0.3 is 6.15 Å². The van der Waals surface area contributed by atoms with Gasteiger partial charge in [0.05, 0.1) is 13.7 Å². The molecule has 17 heavy (non-hydrogen) atoms. The quantitative estimate of drug-likeness (QED) is 0.516. The molecule has 6 nitrogen and oxygen atoms in total. The van der Waals surface area contributed by atoms with Crippen LogP contribution in [-0.2, 0) is 4.74 Å². The van der Waals surface area contributed by atoms with E-state index in [0.29, 0.717) is 6.10 Å². The zero-order valence-electron chi connectivity index (χ0n) is 9.97. The number of nitrogens with one attached hydrogen (secondary N) is 1. The van der Waals surface area contributed by atoms with Crippen molar-refractivity contribution < 1.29 is 9.64 Å². The van der Waals surface area contributed by atoms with E-state index in [9.17, 15) is 0 Å². The highest BCUT2D eigenvalue weighted by molar-refractivity contribution is 7.05. The summed E-state index contributed by atoms with van der Waals surface area (Å²) in [5.41, 5.74) is 0. The minimum atomic E-state index is -2.72. The molecule has 0 bridgehead atoms. The molecule has 0 aromatic carbocycles. The minimum absolute atomic E-state index is 0.476. The summed E-state index contributed by atoms with van der Waals surface area (Å²) in [6.45, 7) is 5.40. The SMILES string of the molecule is CC1C[NH+](C)CCO1.N#C[B-](C#N)(C#N)C#N. The van der Waals surface area contributed by atoms with E-state index < -0.39 is 6.15 Å². The van der Waals surface area contributed by atoms with Crippen LogP contribution in [-0.4, -0.2) is 39.0 Å². The third-order valence-electron chi connectivity index (χ3n) is 2.34. The maximum Gasteiger partial charge on any atom is 0.383 e. The predicted octanol–water partition coefficient (Wildman–Crippen LogP) is -1.39. The van der Waals surface area contributed by atoms with E-state index in [1.807, 2.05) is 0 Å². The van der Waals surface area contributed by atoms with Gasteiger partial charge in [-0.15, -0.1) is 23.9 Å². The van der Waals surface area contributed by atoms with E-state index >= 15 is 0 Å². The molecule has 1 N–H and O–H groups in total. The second kappa shape index (κ2) is 7.26. The summed E-state index contributed by atoms with van der Waals surface area (Å²) in [6.07, 6.45) is -2.25. The van der Waals surface area contributed by atoms with Crippen molar-refractivity contribution in [3.8, 4) is 23.9 Å². The largest absolute Gasteiger partial charge is 0.383 e. The van der Waals surface area contributed by atoms with Gasteiger partial charge in [-0.3, -0.25) is 0 Å². The summed E-state index contributed by atoms with van der Waals surface area (Å²) in [6, 6.07) is 0. The molecule has 1 rings (SSSR count).